The molecule has 2 heterocycles. The van der Waals surface area contributed by atoms with Crippen LogP contribution in [0.4, 0.5) is 11.5 Å². The molecule has 0 atom stereocenters. The van der Waals surface area contributed by atoms with Crippen LogP contribution in [0.15, 0.2) is 36.4 Å². The maximum Gasteiger partial charge on any atom is 0.271 e. The SMILES string of the molecule is Cc1cccc(N2CCN(c3ccc(C(=O)NC(C)C)nn3)CC2)c1. The average Bonchev–Trinajstić information content (AvgIpc) is 2.61. The predicted molar refractivity (Wildman–Crippen MR) is 100 cm³/mol. The van der Waals surface area contributed by atoms with Crippen molar-refractivity contribution < 1.29 is 4.79 Å². The number of rotatable bonds is 4. The number of amides is 1. The number of anilines is 2. The molecule has 1 fully saturated rings. The molecule has 0 saturated carbocycles. The second kappa shape index (κ2) is 7.51. The number of hydrogen-bond donors (Lipinski definition) is 1. The van der Waals surface area contributed by atoms with Crippen LogP contribution in [-0.4, -0.2) is 48.3 Å². The predicted octanol–water partition coefficient (Wildman–Crippen LogP) is 2.25. The first-order valence-electron chi connectivity index (χ1n) is 8.74. The van der Waals surface area contributed by atoms with Gasteiger partial charge in [0.05, 0.1) is 0 Å². The molecule has 1 amide bonds. The van der Waals surface area contributed by atoms with Crippen LogP contribution in [0, 0.1) is 6.92 Å². The van der Waals surface area contributed by atoms with Gasteiger partial charge in [-0.3, -0.25) is 4.79 Å². The summed E-state index contributed by atoms with van der Waals surface area (Å²) >= 11 is 0. The molecule has 0 unspecified atom stereocenters. The second-order valence-corrected chi connectivity index (χ2v) is 6.72. The van der Waals surface area contributed by atoms with Crippen molar-refractivity contribution in [3.05, 3.63) is 47.7 Å². The lowest BCUT2D eigenvalue weighted by Gasteiger charge is -2.36. The Hall–Kier alpha value is -2.63. The van der Waals surface area contributed by atoms with Crippen LogP contribution in [-0.2, 0) is 0 Å². The number of nitrogens with zero attached hydrogens (tertiary/aromatic N) is 4. The van der Waals surface area contributed by atoms with Crippen molar-refractivity contribution in [1.29, 1.82) is 0 Å². The minimum Gasteiger partial charge on any atom is -0.368 e. The first-order valence-corrected chi connectivity index (χ1v) is 8.74. The zero-order chi connectivity index (χ0) is 17.8. The van der Waals surface area contributed by atoms with Crippen LogP contribution < -0.4 is 15.1 Å². The topological polar surface area (TPSA) is 61.4 Å². The number of hydrogen-bond acceptors (Lipinski definition) is 5. The Labute approximate surface area is 148 Å². The normalized spacial score (nSPS) is 14.7. The second-order valence-electron chi connectivity index (χ2n) is 6.72. The van der Waals surface area contributed by atoms with Gasteiger partial charge < -0.3 is 15.1 Å². The summed E-state index contributed by atoms with van der Waals surface area (Å²) in [5.41, 5.74) is 2.91. The molecule has 1 aliphatic heterocycles. The number of benzene rings is 1. The number of aryl methyl sites for hydroxylation is 1. The van der Waals surface area contributed by atoms with E-state index in [0.717, 1.165) is 32.0 Å². The molecule has 0 bridgehead atoms. The number of aromatic nitrogens is 2. The lowest BCUT2D eigenvalue weighted by Crippen LogP contribution is -2.47. The van der Waals surface area contributed by atoms with Gasteiger partial charge in [-0.25, -0.2) is 0 Å². The van der Waals surface area contributed by atoms with Gasteiger partial charge in [-0.05, 0) is 50.6 Å². The fourth-order valence-corrected chi connectivity index (χ4v) is 2.97. The van der Waals surface area contributed by atoms with Gasteiger partial charge in [-0.1, -0.05) is 12.1 Å². The highest BCUT2D eigenvalue weighted by Crippen LogP contribution is 2.20. The summed E-state index contributed by atoms with van der Waals surface area (Å²) < 4.78 is 0. The zero-order valence-corrected chi connectivity index (χ0v) is 15.1. The van der Waals surface area contributed by atoms with E-state index in [1.807, 2.05) is 19.9 Å². The summed E-state index contributed by atoms with van der Waals surface area (Å²) in [6, 6.07) is 12.3. The van der Waals surface area contributed by atoms with Crippen molar-refractivity contribution >= 4 is 17.4 Å². The van der Waals surface area contributed by atoms with Crippen LogP contribution in [0.25, 0.3) is 0 Å². The van der Waals surface area contributed by atoms with Gasteiger partial charge in [0.2, 0.25) is 0 Å². The zero-order valence-electron chi connectivity index (χ0n) is 15.1. The molecule has 25 heavy (non-hydrogen) atoms. The lowest BCUT2D eigenvalue weighted by molar-refractivity contribution is 0.0937. The molecule has 1 aliphatic rings. The number of piperazine rings is 1. The smallest absolute Gasteiger partial charge is 0.271 e. The van der Waals surface area contributed by atoms with E-state index < -0.39 is 0 Å². The Kier molecular flexibility index (Phi) is 5.16. The van der Waals surface area contributed by atoms with Gasteiger partial charge in [-0.2, -0.15) is 0 Å². The first kappa shape index (κ1) is 17.2. The molecule has 6 heteroatoms. The molecule has 1 aromatic heterocycles. The molecule has 0 aliphatic carbocycles. The number of carbonyl (C=O) groups excluding carboxylic acids is 1. The molecule has 2 aromatic rings. The van der Waals surface area contributed by atoms with Crippen molar-refractivity contribution in [2.24, 2.45) is 0 Å². The maximum absolute atomic E-state index is 11.9. The highest BCUT2D eigenvalue weighted by molar-refractivity contribution is 5.92. The largest absolute Gasteiger partial charge is 0.368 e. The Balaban J connectivity index is 1.60. The van der Waals surface area contributed by atoms with Gasteiger partial charge in [0.25, 0.3) is 5.91 Å². The quantitative estimate of drug-likeness (QED) is 0.926. The van der Waals surface area contributed by atoms with E-state index in [-0.39, 0.29) is 11.9 Å². The van der Waals surface area contributed by atoms with Crippen molar-refractivity contribution in [1.82, 2.24) is 15.5 Å². The van der Waals surface area contributed by atoms with Crippen LogP contribution in [0.1, 0.15) is 29.9 Å². The molecule has 1 N–H and O–H groups in total. The van der Waals surface area contributed by atoms with Crippen molar-refractivity contribution in [3.63, 3.8) is 0 Å². The average molecular weight is 339 g/mol. The summed E-state index contributed by atoms with van der Waals surface area (Å²) in [5.74, 6) is 0.642. The maximum atomic E-state index is 11.9. The summed E-state index contributed by atoms with van der Waals surface area (Å²) in [4.78, 5) is 16.5. The molecule has 0 radical (unpaired) electrons. The Bertz CT molecular complexity index is 721. The monoisotopic (exact) mass is 339 g/mol. The molecule has 6 nitrogen and oxygen atoms in total. The number of carbonyl (C=O) groups is 1. The third-order valence-corrected chi connectivity index (χ3v) is 4.27. The minimum atomic E-state index is -0.182. The molecule has 3 rings (SSSR count). The molecular weight excluding hydrogens is 314 g/mol. The summed E-state index contributed by atoms with van der Waals surface area (Å²) in [7, 11) is 0. The third kappa shape index (κ3) is 4.26. The lowest BCUT2D eigenvalue weighted by atomic mass is 10.2. The molecular formula is C19H25N5O. The fourth-order valence-electron chi connectivity index (χ4n) is 2.97. The van der Waals surface area contributed by atoms with Crippen molar-refractivity contribution in [3.8, 4) is 0 Å². The molecule has 0 spiro atoms. The van der Waals surface area contributed by atoms with E-state index in [1.54, 1.807) is 6.07 Å². The van der Waals surface area contributed by atoms with Crippen molar-refractivity contribution in [2.75, 3.05) is 36.0 Å². The van der Waals surface area contributed by atoms with Crippen LogP contribution in [0.5, 0.6) is 0 Å². The van der Waals surface area contributed by atoms with Gasteiger partial charge >= 0.3 is 0 Å². The third-order valence-electron chi connectivity index (χ3n) is 4.27. The van der Waals surface area contributed by atoms with Gasteiger partial charge in [0.1, 0.15) is 0 Å². The Morgan fingerprint density at radius 2 is 1.76 bits per heavy atom. The molecule has 132 valence electrons. The van der Waals surface area contributed by atoms with Crippen LogP contribution >= 0.6 is 0 Å². The van der Waals surface area contributed by atoms with Gasteiger partial charge in [0, 0.05) is 37.9 Å². The van der Waals surface area contributed by atoms with E-state index in [1.165, 1.54) is 11.3 Å². The van der Waals surface area contributed by atoms with Gasteiger partial charge in [0.15, 0.2) is 11.5 Å². The molecule has 1 aromatic carbocycles. The van der Waals surface area contributed by atoms with E-state index in [9.17, 15) is 4.79 Å². The highest BCUT2D eigenvalue weighted by atomic mass is 16.2. The number of nitrogens with one attached hydrogen (secondary N) is 1. The van der Waals surface area contributed by atoms with E-state index in [4.69, 9.17) is 0 Å². The van der Waals surface area contributed by atoms with Crippen LogP contribution in [0.2, 0.25) is 0 Å². The van der Waals surface area contributed by atoms with Crippen molar-refractivity contribution in [2.45, 2.75) is 26.8 Å². The minimum absolute atomic E-state index is 0.0867. The van der Waals surface area contributed by atoms with E-state index >= 15 is 0 Å². The van der Waals surface area contributed by atoms with Gasteiger partial charge in [-0.15, -0.1) is 10.2 Å². The summed E-state index contributed by atoms with van der Waals surface area (Å²) in [6.07, 6.45) is 0. The van der Waals surface area contributed by atoms with E-state index in [2.05, 4.69) is 56.5 Å². The standard InChI is InChI=1S/C19H25N5O/c1-14(2)20-19(25)17-7-8-18(22-21-17)24-11-9-23(10-12-24)16-6-4-5-15(3)13-16/h4-8,13-14H,9-12H2,1-3H3,(H,20,25). The molecule has 1 saturated heterocycles. The first-order chi connectivity index (χ1) is 12.0. The fraction of sp³-hybridized carbons (Fsp3) is 0.421. The van der Waals surface area contributed by atoms with Crippen LogP contribution in [0.3, 0.4) is 0 Å². The van der Waals surface area contributed by atoms with E-state index in [0.29, 0.717) is 5.69 Å². The Morgan fingerprint density at radius 1 is 1.04 bits per heavy atom. The Morgan fingerprint density at radius 3 is 2.36 bits per heavy atom. The summed E-state index contributed by atoms with van der Waals surface area (Å²) in [6.45, 7) is 9.63. The highest BCUT2D eigenvalue weighted by Gasteiger charge is 2.19. The summed E-state index contributed by atoms with van der Waals surface area (Å²) in [5, 5.41) is 11.1.